The molecule has 142 valence electrons. The number of fused-ring (bicyclic) bond motifs is 2. The van der Waals surface area contributed by atoms with Crippen LogP contribution in [0.5, 0.6) is 11.5 Å². The van der Waals surface area contributed by atoms with E-state index in [1.54, 1.807) is 7.11 Å². The molecule has 0 aromatic carbocycles. The molecule has 1 saturated carbocycles. The molecular weight excluding hydrogens is 356 g/mol. The van der Waals surface area contributed by atoms with Gasteiger partial charge in [0.1, 0.15) is 18.1 Å². The minimum atomic E-state index is -0.0382. The van der Waals surface area contributed by atoms with Crippen molar-refractivity contribution in [3.05, 3.63) is 10.3 Å². The number of methoxy groups -OCH3 is 1. The molecule has 1 aromatic rings. The third kappa shape index (κ3) is 3.16. The SMILES string of the molecule is CO[C@@H]1C[C@H]2CN(C(=O)c3scc4c3OCCO4)C[C@H]2C[C@H]1NC(C)=O. The quantitative estimate of drug-likeness (QED) is 0.860. The van der Waals surface area contributed by atoms with Crippen LogP contribution in [0.2, 0.25) is 0 Å². The topological polar surface area (TPSA) is 77.1 Å². The van der Waals surface area contributed by atoms with Gasteiger partial charge in [0.05, 0.1) is 12.1 Å². The fraction of sp³-hybridized carbons (Fsp3) is 0.667. The van der Waals surface area contributed by atoms with Crippen molar-refractivity contribution in [1.82, 2.24) is 10.2 Å². The highest BCUT2D eigenvalue weighted by Crippen LogP contribution is 2.42. The fourth-order valence-electron chi connectivity index (χ4n) is 4.41. The first-order valence-corrected chi connectivity index (χ1v) is 9.91. The number of thiophene rings is 1. The summed E-state index contributed by atoms with van der Waals surface area (Å²) in [4.78, 5) is 27.1. The lowest BCUT2D eigenvalue weighted by Gasteiger charge is -2.37. The summed E-state index contributed by atoms with van der Waals surface area (Å²) in [7, 11) is 1.69. The summed E-state index contributed by atoms with van der Waals surface area (Å²) in [5, 5.41) is 4.85. The smallest absolute Gasteiger partial charge is 0.267 e. The highest BCUT2D eigenvalue weighted by atomic mass is 32.1. The highest BCUT2D eigenvalue weighted by Gasteiger charge is 2.44. The Kier molecular flexibility index (Phi) is 4.79. The van der Waals surface area contributed by atoms with Crippen molar-refractivity contribution in [2.75, 3.05) is 33.4 Å². The van der Waals surface area contributed by atoms with Crippen LogP contribution in [0.25, 0.3) is 0 Å². The molecule has 1 aromatic heterocycles. The van der Waals surface area contributed by atoms with Crippen molar-refractivity contribution in [2.24, 2.45) is 11.8 Å². The number of ether oxygens (including phenoxy) is 3. The van der Waals surface area contributed by atoms with Gasteiger partial charge in [0.25, 0.3) is 5.91 Å². The maximum Gasteiger partial charge on any atom is 0.267 e. The van der Waals surface area contributed by atoms with E-state index in [0.29, 0.717) is 48.0 Å². The second-order valence-electron chi connectivity index (χ2n) is 7.24. The molecule has 2 fully saturated rings. The summed E-state index contributed by atoms with van der Waals surface area (Å²) in [6.45, 7) is 3.97. The molecule has 4 atom stereocenters. The predicted octanol–water partition coefficient (Wildman–Crippen LogP) is 1.52. The zero-order valence-corrected chi connectivity index (χ0v) is 15.8. The van der Waals surface area contributed by atoms with Gasteiger partial charge < -0.3 is 24.4 Å². The van der Waals surface area contributed by atoms with Crippen molar-refractivity contribution < 1.29 is 23.8 Å². The molecule has 7 nitrogen and oxygen atoms in total. The number of hydrogen-bond donors (Lipinski definition) is 1. The van der Waals surface area contributed by atoms with Crippen LogP contribution < -0.4 is 14.8 Å². The van der Waals surface area contributed by atoms with Gasteiger partial charge in [-0.3, -0.25) is 9.59 Å². The monoisotopic (exact) mass is 380 g/mol. The first-order chi connectivity index (χ1) is 12.6. The predicted molar refractivity (Wildman–Crippen MR) is 95.8 cm³/mol. The number of amides is 2. The van der Waals surface area contributed by atoms with Gasteiger partial charge in [-0.15, -0.1) is 11.3 Å². The molecule has 1 saturated heterocycles. The van der Waals surface area contributed by atoms with Crippen LogP contribution in [0.1, 0.15) is 29.4 Å². The number of likely N-dealkylation sites (tertiary alicyclic amines) is 1. The minimum absolute atomic E-state index is 0.00133. The lowest BCUT2D eigenvalue weighted by atomic mass is 9.77. The zero-order chi connectivity index (χ0) is 18.3. The first kappa shape index (κ1) is 17.6. The summed E-state index contributed by atoms with van der Waals surface area (Å²) in [5.41, 5.74) is 0. The summed E-state index contributed by atoms with van der Waals surface area (Å²) in [5.74, 6) is 2.03. The molecule has 0 radical (unpaired) electrons. The normalized spacial score (nSPS) is 30.0. The Morgan fingerprint density at radius 2 is 1.96 bits per heavy atom. The maximum absolute atomic E-state index is 13.0. The Morgan fingerprint density at radius 1 is 1.23 bits per heavy atom. The average Bonchev–Trinajstić information content (AvgIpc) is 3.23. The van der Waals surface area contributed by atoms with E-state index in [-0.39, 0.29) is 24.0 Å². The molecule has 3 heterocycles. The molecule has 1 N–H and O–H groups in total. The largest absolute Gasteiger partial charge is 0.485 e. The van der Waals surface area contributed by atoms with Gasteiger partial charge in [-0.25, -0.2) is 0 Å². The van der Waals surface area contributed by atoms with Crippen LogP contribution in [0, 0.1) is 11.8 Å². The summed E-state index contributed by atoms with van der Waals surface area (Å²) >= 11 is 1.38. The third-order valence-corrected chi connectivity index (χ3v) is 6.52. The van der Waals surface area contributed by atoms with Gasteiger partial charge in [-0.05, 0) is 24.7 Å². The molecule has 1 aliphatic carbocycles. The number of hydrogen-bond acceptors (Lipinski definition) is 6. The Bertz CT molecular complexity index is 706. The highest BCUT2D eigenvalue weighted by molar-refractivity contribution is 7.12. The second kappa shape index (κ2) is 7.08. The average molecular weight is 380 g/mol. The van der Waals surface area contributed by atoms with Crippen LogP contribution in [0.15, 0.2) is 5.38 Å². The molecule has 0 spiro atoms. The van der Waals surface area contributed by atoms with E-state index in [1.165, 1.54) is 18.3 Å². The Hall–Kier alpha value is -1.80. The van der Waals surface area contributed by atoms with Crippen molar-refractivity contribution in [1.29, 1.82) is 0 Å². The Morgan fingerprint density at radius 3 is 2.69 bits per heavy atom. The summed E-state index contributed by atoms with van der Waals surface area (Å²) < 4.78 is 16.8. The molecule has 0 bridgehead atoms. The molecular formula is C18H24N2O5S. The Labute approximate surface area is 156 Å². The second-order valence-corrected chi connectivity index (χ2v) is 8.12. The molecule has 3 aliphatic rings. The number of nitrogens with zero attached hydrogens (tertiary/aromatic N) is 1. The van der Waals surface area contributed by atoms with Gasteiger partial charge in [0.2, 0.25) is 5.91 Å². The van der Waals surface area contributed by atoms with Gasteiger partial charge in [0.15, 0.2) is 11.5 Å². The Balaban J connectivity index is 1.47. The minimum Gasteiger partial charge on any atom is -0.485 e. The van der Waals surface area contributed by atoms with Crippen molar-refractivity contribution >= 4 is 23.2 Å². The molecule has 2 aliphatic heterocycles. The van der Waals surface area contributed by atoms with Gasteiger partial charge in [-0.2, -0.15) is 0 Å². The summed E-state index contributed by atoms with van der Waals surface area (Å²) in [6, 6.07) is 0.0139. The van der Waals surface area contributed by atoms with Gasteiger partial charge >= 0.3 is 0 Å². The standard InChI is InChI=1S/C18H24N2O5S/c1-10(21)19-13-5-11-7-20(8-12(11)6-14(13)23-2)18(22)17-16-15(9-26-17)24-3-4-25-16/h9,11-14H,3-8H2,1-2H3,(H,19,21)/t11-,12+,13-,14-/m1/s1. The fourth-order valence-corrected chi connectivity index (χ4v) is 5.30. The van der Waals surface area contributed by atoms with Crippen LogP contribution in [0.3, 0.4) is 0 Å². The molecule has 26 heavy (non-hydrogen) atoms. The van der Waals surface area contributed by atoms with Crippen LogP contribution in [-0.4, -0.2) is 62.3 Å². The van der Waals surface area contributed by atoms with Crippen molar-refractivity contribution in [3.8, 4) is 11.5 Å². The molecule has 2 amide bonds. The van der Waals surface area contributed by atoms with E-state index in [1.807, 2.05) is 10.3 Å². The number of carbonyl (C=O) groups is 2. The number of rotatable bonds is 3. The van der Waals surface area contributed by atoms with E-state index >= 15 is 0 Å². The summed E-state index contributed by atoms with van der Waals surface area (Å²) in [6.07, 6.45) is 1.70. The van der Waals surface area contributed by atoms with Crippen LogP contribution in [0.4, 0.5) is 0 Å². The zero-order valence-electron chi connectivity index (χ0n) is 15.0. The maximum atomic E-state index is 13.0. The molecule has 8 heteroatoms. The van der Waals surface area contributed by atoms with E-state index in [4.69, 9.17) is 14.2 Å². The first-order valence-electron chi connectivity index (χ1n) is 9.03. The van der Waals surface area contributed by atoms with Crippen LogP contribution in [-0.2, 0) is 9.53 Å². The lowest BCUT2D eigenvalue weighted by molar-refractivity contribution is -0.121. The van der Waals surface area contributed by atoms with Crippen molar-refractivity contribution in [3.63, 3.8) is 0 Å². The van der Waals surface area contributed by atoms with Gasteiger partial charge in [0, 0.05) is 32.5 Å². The van der Waals surface area contributed by atoms with Gasteiger partial charge in [-0.1, -0.05) is 0 Å². The van der Waals surface area contributed by atoms with E-state index < -0.39 is 0 Å². The van der Waals surface area contributed by atoms with E-state index in [0.717, 1.165) is 19.4 Å². The lowest BCUT2D eigenvalue weighted by Crippen LogP contribution is -2.49. The molecule has 0 unspecified atom stereocenters. The van der Waals surface area contributed by atoms with Crippen LogP contribution >= 0.6 is 11.3 Å². The number of nitrogens with one attached hydrogen (secondary N) is 1. The van der Waals surface area contributed by atoms with E-state index in [9.17, 15) is 9.59 Å². The molecule has 4 rings (SSSR count). The van der Waals surface area contributed by atoms with Crippen molar-refractivity contribution in [2.45, 2.75) is 31.9 Å². The number of carbonyl (C=O) groups excluding carboxylic acids is 2. The third-order valence-electron chi connectivity index (χ3n) is 5.59. The van der Waals surface area contributed by atoms with E-state index in [2.05, 4.69) is 5.32 Å².